The lowest BCUT2D eigenvalue weighted by molar-refractivity contribution is 0.370. The highest BCUT2D eigenvalue weighted by Gasteiger charge is 2.08. The minimum atomic E-state index is 0.192. The van der Waals surface area contributed by atoms with Crippen LogP contribution in [0, 0.1) is 12.3 Å². The molecule has 2 nitrogen and oxygen atoms in total. The molecule has 0 radical (unpaired) electrons. The molecule has 0 aliphatic carbocycles. The maximum absolute atomic E-state index is 6.39. The van der Waals surface area contributed by atoms with E-state index in [9.17, 15) is 0 Å². The Hall–Kier alpha value is -2.76. The van der Waals surface area contributed by atoms with Gasteiger partial charge in [-0.1, -0.05) is 60.0 Å². The van der Waals surface area contributed by atoms with Gasteiger partial charge in [0.05, 0.1) is 11.3 Å². The molecule has 0 aliphatic heterocycles. The Morgan fingerprint density at radius 2 is 1.74 bits per heavy atom. The maximum Gasteiger partial charge on any atom is 0.148 e. The summed E-state index contributed by atoms with van der Waals surface area (Å²) >= 11 is 6.39. The molecular formula is C20H14ClNO. The summed E-state index contributed by atoms with van der Waals surface area (Å²) in [5.41, 5.74) is 1.51. The Morgan fingerprint density at radius 1 is 1.00 bits per heavy atom. The van der Waals surface area contributed by atoms with Crippen LogP contribution in [-0.2, 0) is 0 Å². The van der Waals surface area contributed by atoms with E-state index in [0.717, 1.165) is 16.6 Å². The number of nitrogens with zero attached hydrogens (tertiary/aromatic N) is 1. The molecule has 0 spiro atoms. The van der Waals surface area contributed by atoms with Crippen LogP contribution >= 0.6 is 11.6 Å². The number of hydrogen-bond donors (Lipinski definition) is 0. The first-order chi connectivity index (χ1) is 11.3. The summed E-state index contributed by atoms with van der Waals surface area (Å²) in [5, 5.41) is 2.66. The van der Waals surface area contributed by atoms with Crippen LogP contribution in [0.1, 0.15) is 5.56 Å². The number of terminal acetylenes is 1. The third-order valence-electron chi connectivity index (χ3n) is 3.38. The summed E-state index contributed by atoms with van der Waals surface area (Å²) in [6, 6.07) is 21.5. The van der Waals surface area contributed by atoms with Crippen LogP contribution < -0.4 is 4.74 Å². The van der Waals surface area contributed by atoms with Gasteiger partial charge in [-0.25, -0.2) is 4.99 Å². The molecule has 3 rings (SSSR count). The first-order valence-electron chi connectivity index (χ1n) is 7.16. The lowest BCUT2D eigenvalue weighted by atomic mass is 10.1. The average molecular weight is 320 g/mol. The van der Waals surface area contributed by atoms with E-state index in [1.165, 1.54) is 5.39 Å². The van der Waals surface area contributed by atoms with Gasteiger partial charge in [-0.3, -0.25) is 0 Å². The molecule has 0 saturated carbocycles. The number of aliphatic imine (C=N–C) groups is 1. The largest absolute Gasteiger partial charge is 0.480 e. The number of fused-ring (bicyclic) bond motifs is 1. The number of ether oxygens (including phenoxy) is 1. The molecule has 0 unspecified atom stereocenters. The Labute approximate surface area is 140 Å². The first kappa shape index (κ1) is 15.1. The van der Waals surface area contributed by atoms with Crippen LogP contribution in [0.15, 0.2) is 71.7 Å². The lowest BCUT2D eigenvalue weighted by Crippen LogP contribution is -2.00. The van der Waals surface area contributed by atoms with Gasteiger partial charge < -0.3 is 4.74 Å². The molecule has 23 heavy (non-hydrogen) atoms. The summed E-state index contributed by atoms with van der Waals surface area (Å²) in [5.74, 6) is 3.07. The summed E-state index contributed by atoms with van der Waals surface area (Å²) in [6.45, 7) is 0.192. The number of hydrogen-bond acceptors (Lipinski definition) is 2. The third-order valence-corrected chi connectivity index (χ3v) is 3.67. The lowest BCUT2D eigenvalue weighted by Gasteiger charge is -2.08. The van der Waals surface area contributed by atoms with Crippen LogP contribution in [0.25, 0.3) is 10.8 Å². The zero-order valence-electron chi connectivity index (χ0n) is 12.4. The van der Waals surface area contributed by atoms with Crippen molar-refractivity contribution >= 4 is 33.2 Å². The molecule has 0 amide bonds. The van der Waals surface area contributed by atoms with E-state index in [4.69, 9.17) is 22.8 Å². The summed E-state index contributed by atoms with van der Waals surface area (Å²) in [6.07, 6.45) is 5.24. The molecule has 0 heterocycles. The van der Waals surface area contributed by atoms with E-state index in [1.807, 2.05) is 60.7 Å². The number of rotatable bonds is 4. The zero-order valence-corrected chi connectivity index (χ0v) is 13.1. The van der Waals surface area contributed by atoms with Crippen molar-refractivity contribution in [2.75, 3.05) is 6.61 Å². The second-order valence-corrected chi connectivity index (χ2v) is 5.28. The Balaban J connectivity index is 1.96. The maximum atomic E-state index is 6.39. The number of halogens is 1. The minimum absolute atomic E-state index is 0.192. The first-order valence-corrected chi connectivity index (χ1v) is 7.54. The highest BCUT2D eigenvalue weighted by molar-refractivity contribution is 6.70. The van der Waals surface area contributed by atoms with Gasteiger partial charge in [0.25, 0.3) is 0 Å². The highest BCUT2D eigenvalue weighted by atomic mass is 35.5. The van der Waals surface area contributed by atoms with E-state index in [-0.39, 0.29) is 6.61 Å². The van der Waals surface area contributed by atoms with Crippen molar-refractivity contribution in [2.45, 2.75) is 0 Å². The molecule has 112 valence electrons. The van der Waals surface area contributed by atoms with Crippen LogP contribution in [0.5, 0.6) is 5.75 Å². The fourth-order valence-electron chi connectivity index (χ4n) is 2.30. The van der Waals surface area contributed by atoms with Gasteiger partial charge in [-0.05, 0) is 35.0 Å². The van der Waals surface area contributed by atoms with Gasteiger partial charge in [-0.15, -0.1) is 6.42 Å². The Bertz CT molecular complexity index is 909. The number of para-hydroxylation sites is 1. The quantitative estimate of drug-likeness (QED) is 0.480. The normalized spacial score (nSPS) is 11.2. The Kier molecular flexibility index (Phi) is 4.61. The molecule has 3 aromatic rings. The molecule has 0 aromatic heterocycles. The molecule has 0 aliphatic rings. The second-order valence-electron chi connectivity index (χ2n) is 4.92. The zero-order chi connectivity index (χ0) is 16.1. The van der Waals surface area contributed by atoms with Gasteiger partial charge in [0.2, 0.25) is 0 Å². The topological polar surface area (TPSA) is 21.6 Å². The van der Waals surface area contributed by atoms with Crippen molar-refractivity contribution in [3.8, 4) is 18.1 Å². The van der Waals surface area contributed by atoms with E-state index < -0.39 is 0 Å². The van der Waals surface area contributed by atoms with E-state index in [1.54, 1.807) is 0 Å². The van der Waals surface area contributed by atoms with Gasteiger partial charge in [0.15, 0.2) is 0 Å². The molecular weight excluding hydrogens is 306 g/mol. The van der Waals surface area contributed by atoms with Crippen molar-refractivity contribution in [3.63, 3.8) is 0 Å². The minimum Gasteiger partial charge on any atom is -0.480 e. The van der Waals surface area contributed by atoms with Crippen LogP contribution in [0.3, 0.4) is 0 Å². The second kappa shape index (κ2) is 7.00. The fraction of sp³-hybridized carbons (Fsp3) is 0.0500. The predicted octanol–water partition coefficient (Wildman–Crippen LogP) is 5.17. The SMILES string of the molecule is C#CCOc1ccccc1C(Cl)=Nc1ccc2ccccc2c1. The van der Waals surface area contributed by atoms with E-state index >= 15 is 0 Å². The fourth-order valence-corrected chi connectivity index (χ4v) is 2.56. The molecule has 0 fully saturated rings. The van der Waals surface area contributed by atoms with Gasteiger partial charge in [0.1, 0.15) is 17.5 Å². The molecule has 0 saturated heterocycles. The van der Waals surface area contributed by atoms with Crippen molar-refractivity contribution in [2.24, 2.45) is 4.99 Å². The van der Waals surface area contributed by atoms with Crippen LogP contribution in [-0.4, -0.2) is 11.8 Å². The van der Waals surface area contributed by atoms with E-state index in [2.05, 4.69) is 17.0 Å². The average Bonchev–Trinajstić information content (AvgIpc) is 2.60. The van der Waals surface area contributed by atoms with Gasteiger partial charge in [0, 0.05) is 0 Å². The molecule has 0 N–H and O–H groups in total. The van der Waals surface area contributed by atoms with Crippen molar-refractivity contribution in [3.05, 3.63) is 72.3 Å². The summed E-state index contributed by atoms with van der Waals surface area (Å²) in [4.78, 5) is 4.50. The monoisotopic (exact) mass is 319 g/mol. The summed E-state index contributed by atoms with van der Waals surface area (Å²) in [7, 11) is 0. The Morgan fingerprint density at radius 3 is 2.57 bits per heavy atom. The van der Waals surface area contributed by atoms with Gasteiger partial charge in [-0.2, -0.15) is 0 Å². The standard InChI is InChI=1S/C20H14ClNO/c1-2-13-23-19-10-6-5-9-18(19)20(21)22-17-12-11-15-7-3-4-8-16(15)14-17/h1,3-12,14H,13H2. The van der Waals surface area contributed by atoms with Crippen LogP contribution in [0.2, 0.25) is 0 Å². The molecule has 3 heteroatoms. The summed E-state index contributed by atoms with van der Waals surface area (Å²) < 4.78 is 5.51. The third kappa shape index (κ3) is 3.53. The predicted molar refractivity (Wildman–Crippen MR) is 96.8 cm³/mol. The molecule has 0 bridgehead atoms. The smallest absolute Gasteiger partial charge is 0.148 e. The molecule has 3 aromatic carbocycles. The number of benzene rings is 3. The van der Waals surface area contributed by atoms with Crippen molar-refractivity contribution in [1.82, 2.24) is 0 Å². The molecule has 0 atom stereocenters. The van der Waals surface area contributed by atoms with Crippen molar-refractivity contribution < 1.29 is 4.74 Å². The highest BCUT2D eigenvalue weighted by Crippen LogP contribution is 2.25. The van der Waals surface area contributed by atoms with Gasteiger partial charge >= 0.3 is 0 Å². The van der Waals surface area contributed by atoms with Crippen LogP contribution in [0.4, 0.5) is 5.69 Å². The van der Waals surface area contributed by atoms with Crippen molar-refractivity contribution in [1.29, 1.82) is 0 Å². The van der Waals surface area contributed by atoms with E-state index in [0.29, 0.717) is 10.9 Å².